The maximum Gasteiger partial charge on any atom is 0.256 e. The van der Waals surface area contributed by atoms with Crippen molar-refractivity contribution in [1.29, 1.82) is 0 Å². The second-order valence-electron chi connectivity index (χ2n) is 8.09. The second-order valence-corrected chi connectivity index (χ2v) is 9.08. The summed E-state index contributed by atoms with van der Waals surface area (Å²) < 4.78 is 1.83. The first kappa shape index (κ1) is 20.5. The Kier molecular flexibility index (Phi) is 5.09. The number of rotatable bonds is 4. The molecular weight excluding hydrogens is 424 g/mol. The van der Waals surface area contributed by atoms with Crippen molar-refractivity contribution in [2.45, 2.75) is 38.2 Å². The highest BCUT2D eigenvalue weighted by molar-refractivity contribution is 7.98. The number of aromatic nitrogens is 2. The third-order valence-corrected chi connectivity index (χ3v) is 6.77. The number of carbonyl (C=O) groups excluding carboxylic acids is 3. The number of fused-ring (bicyclic) bond motifs is 1. The highest BCUT2D eigenvalue weighted by atomic mass is 32.2. The number of anilines is 2. The molecule has 2 aliphatic heterocycles. The summed E-state index contributed by atoms with van der Waals surface area (Å²) in [5.74, 6) is 1.63. The van der Waals surface area contributed by atoms with Crippen LogP contribution >= 0.6 is 11.8 Å². The standard InChI is InChI=1S/C24H22N4O3S/c1-14-3-8-20(15(2)11-14)28-23(18-12-32-13-19(18)26-28)25-24(31)16-4-6-17(7-5-16)27-21(29)9-10-22(27)30/h3-8,11H,9-10,12-13H2,1-2H3,(H,25,31). The normalized spacial score (nSPS) is 15.4. The van der Waals surface area contributed by atoms with Gasteiger partial charge in [0, 0.05) is 35.5 Å². The van der Waals surface area contributed by atoms with Gasteiger partial charge in [0.2, 0.25) is 11.8 Å². The third kappa shape index (κ3) is 3.50. The van der Waals surface area contributed by atoms with Crippen molar-refractivity contribution in [3.8, 4) is 5.69 Å². The fraction of sp³-hybridized carbons (Fsp3) is 0.250. The van der Waals surface area contributed by atoms with Gasteiger partial charge < -0.3 is 5.32 Å². The molecule has 3 aromatic rings. The quantitative estimate of drug-likeness (QED) is 0.609. The molecule has 8 heteroatoms. The summed E-state index contributed by atoms with van der Waals surface area (Å²) >= 11 is 1.78. The van der Waals surface area contributed by atoms with Crippen LogP contribution in [0.3, 0.4) is 0 Å². The predicted molar refractivity (Wildman–Crippen MR) is 124 cm³/mol. The van der Waals surface area contributed by atoms with E-state index in [0.717, 1.165) is 34.0 Å². The van der Waals surface area contributed by atoms with Gasteiger partial charge in [-0.3, -0.25) is 19.3 Å². The zero-order valence-electron chi connectivity index (χ0n) is 17.8. The Hall–Kier alpha value is -3.39. The highest BCUT2D eigenvalue weighted by Crippen LogP contribution is 2.37. The Bertz CT molecular complexity index is 1250. The Morgan fingerprint density at radius 2 is 1.72 bits per heavy atom. The van der Waals surface area contributed by atoms with E-state index >= 15 is 0 Å². The van der Waals surface area contributed by atoms with E-state index in [1.165, 1.54) is 10.5 Å². The lowest BCUT2D eigenvalue weighted by Crippen LogP contribution is -2.28. The molecule has 0 radical (unpaired) electrons. The van der Waals surface area contributed by atoms with Crippen LogP contribution in [0.2, 0.25) is 0 Å². The first-order valence-corrected chi connectivity index (χ1v) is 11.6. The van der Waals surface area contributed by atoms with Gasteiger partial charge in [-0.25, -0.2) is 4.68 Å². The van der Waals surface area contributed by atoms with Crippen LogP contribution in [0, 0.1) is 13.8 Å². The van der Waals surface area contributed by atoms with Gasteiger partial charge in [-0.15, -0.1) is 0 Å². The number of nitrogens with one attached hydrogen (secondary N) is 1. The van der Waals surface area contributed by atoms with Crippen molar-refractivity contribution >= 4 is 41.0 Å². The van der Waals surface area contributed by atoms with E-state index in [4.69, 9.17) is 5.10 Å². The molecule has 0 saturated carbocycles. The summed E-state index contributed by atoms with van der Waals surface area (Å²) in [5.41, 5.74) is 6.17. The molecule has 0 unspecified atom stereocenters. The molecule has 2 aliphatic rings. The molecule has 3 amide bonds. The van der Waals surface area contributed by atoms with Crippen molar-refractivity contribution in [1.82, 2.24) is 9.78 Å². The molecule has 0 bridgehead atoms. The number of nitrogens with zero attached hydrogens (tertiary/aromatic N) is 3. The minimum atomic E-state index is -0.263. The summed E-state index contributed by atoms with van der Waals surface area (Å²) in [6, 6.07) is 12.7. The van der Waals surface area contributed by atoms with Crippen LogP contribution in [-0.4, -0.2) is 27.5 Å². The Morgan fingerprint density at radius 1 is 1.00 bits per heavy atom. The van der Waals surface area contributed by atoms with Crippen LogP contribution in [0.25, 0.3) is 5.69 Å². The predicted octanol–water partition coefficient (Wildman–Crippen LogP) is 4.14. The van der Waals surface area contributed by atoms with Crippen molar-refractivity contribution in [2.75, 3.05) is 10.2 Å². The summed E-state index contributed by atoms with van der Waals surface area (Å²) in [5, 5.41) is 7.84. The Balaban J connectivity index is 1.45. The third-order valence-electron chi connectivity index (χ3n) is 5.80. The molecule has 0 atom stereocenters. The average molecular weight is 447 g/mol. The highest BCUT2D eigenvalue weighted by Gasteiger charge is 2.30. The van der Waals surface area contributed by atoms with Gasteiger partial charge in [-0.1, -0.05) is 17.7 Å². The molecule has 1 saturated heterocycles. The van der Waals surface area contributed by atoms with Gasteiger partial charge in [0.1, 0.15) is 5.82 Å². The second kappa shape index (κ2) is 7.94. The van der Waals surface area contributed by atoms with Crippen molar-refractivity contribution in [2.24, 2.45) is 0 Å². The van der Waals surface area contributed by atoms with Crippen LogP contribution in [0.1, 0.15) is 45.6 Å². The van der Waals surface area contributed by atoms with Crippen LogP contribution in [0.4, 0.5) is 11.5 Å². The van der Waals surface area contributed by atoms with Gasteiger partial charge in [-0.2, -0.15) is 16.9 Å². The zero-order valence-corrected chi connectivity index (χ0v) is 18.7. The van der Waals surface area contributed by atoms with Crippen LogP contribution in [0.5, 0.6) is 0 Å². The van der Waals surface area contributed by atoms with Crippen molar-refractivity contribution in [3.63, 3.8) is 0 Å². The molecule has 1 N–H and O–H groups in total. The Labute approximate surface area is 189 Å². The minimum Gasteiger partial charge on any atom is -0.306 e. The van der Waals surface area contributed by atoms with Crippen LogP contribution < -0.4 is 10.2 Å². The number of hydrogen-bond donors (Lipinski definition) is 1. The number of carbonyl (C=O) groups is 3. The number of benzene rings is 2. The van der Waals surface area contributed by atoms with Crippen molar-refractivity contribution < 1.29 is 14.4 Å². The molecule has 3 heterocycles. The number of amides is 3. The van der Waals surface area contributed by atoms with Crippen molar-refractivity contribution in [3.05, 3.63) is 70.4 Å². The van der Waals surface area contributed by atoms with Gasteiger partial charge in [0.25, 0.3) is 5.91 Å². The summed E-state index contributed by atoms with van der Waals surface area (Å²) in [6.07, 6.45) is 0.458. The summed E-state index contributed by atoms with van der Waals surface area (Å²) in [4.78, 5) is 38.2. The van der Waals surface area contributed by atoms with E-state index in [0.29, 0.717) is 17.1 Å². The molecule has 2 aromatic carbocycles. The van der Waals surface area contributed by atoms with Crippen LogP contribution in [0.15, 0.2) is 42.5 Å². The molecule has 32 heavy (non-hydrogen) atoms. The summed E-state index contributed by atoms with van der Waals surface area (Å²) in [7, 11) is 0. The topological polar surface area (TPSA) is 84.3 Å². The Morgan fingerprint density at radius 3 is 2.41 bits per heavy atom. The van der Waals surface area contributed by atoms with E-state index in [1.54, 1.807) is 36.0 Å². The fourth-order valence-electron chi connectivity index (χ4n) is 4.16. The molecule has 5 rings (SSSR count). The fourth-order valence-corrected chi connectivity index (χ4v) is 5.20. The lowest BCUT2D eigenvalue weighted by Gasteiger charge is -2.15. The number of thioether (sulfide) groups is 1. The average Bonchev–Trinajstić information content (AvgIpc) is 3.45. The number of aryl methyl sites for hydroxylation is 2. The maximum absolute atomic E-state index is 13.1. The van der Waals surface area contributed by atoms with Gasteiger partial charge in [0.15, 0.2) is 0 Å². The number of imide groups is 1. The molecular formula is C24H22N4O3S. The van der Waals surface area contributed by atoms with E-state index < -0.39 is 0 Å². The zero-order chi connectivity index (χ0) is 22.4. The maximum atomic E-state index is 13.1. The van der Waals surface area contributed by atoms with E-state index in [-0.39, 0.29) is 30.6 Å². The lowest BCUT2D eigenvalue weighted by molar-refractivity contribution is -0.121. The van der Waals surface area contributed by atoms with E-state index in [2.05, 4.69) is 11.4 Å². The van der Waals surface area contributed by atoms with E-state index in [9.17, 15) is 14.4 Å². The van der Waals surface area contributed by atoms with Gasteiger partial charge >= 0.3 is 0 Å². The largest absolute Gasteiger partial charge is 0.306 e. The molecule has 0 aliphatic carbocycles. The molecule has 0 spiro atoms. The molecule has 1 aromatic heterocycles. The molecule has 162 valence electrons. The lowest BCUT2D eigenvalue weighted by atomic mass is 10.1. The monoisotopic (exact) mass is 446 g/mol. The first-order chi connectivity index (χ1) is 15.4. The molecule has 1 fully saturated rings. The summed E-state index contributed by atoms with van der Waals surface area (Å²) in [6.45, 7) is 4.08. The van der Waals surface area contributed by atoms with Gasteiger partial charge in [0.05, 0.1) is 17.1 Å². The minimum absolute atomic E-state index is 0.211. The SMILES string of the molecule is Cc1ccc(-n2nc3c(c2NC(=O)c2ccc(N4C(=O)CCC4=O)cc2)CSC3)c(C)c1. The first-order valence-electron chi connectivity index (χ1n) is 10.5. The smallest absolute Gasteiger partial charge is 0.256 e. The van der Waals surface area contributed by atoms with E-state index in [1.807, 2.05) is 30.7 Å². The van der Waals surface area contributed by atoms with Gasteiger partial charge in [-0.05, 0) is 49.7 Å². The van der Waals surface area contributed by atoms with Crippen LogP contribution in [-0.2, 0) is 21.1 Å². The molecule has 7 nitrogen and oxygen atoms in total. The number of hydrogen-bond acceptors (Lipinski definition) is 5.